The monoisotopic (exact) mass is 467 g/mol. The highest BCUT2D eigenvalue weighted by Crippen LogP contribution is 2.67. The maximum atomic E-state index is 13.8. The molecule has 0 aromatic heterocycles. The van der Waals surface area contributed by atoms with Gasteiger partial charge in [-0.3, -0.25) is 9.69 Å². The number of aromatic carboxylic acids is 1. The summed E-state index contributed by atoms with van der Waals surface area (Å²) in [6.07, 6.45) is 1.62. The SMILES string of the molecule is CS(=O)(=O)c1cc(C(=O)O)cc(N2C(=O)[C@]3(C[C@H]3c3ccc(Cl)cc3)c3ccccc32)c1. The van der Waals surface area contributed by atoms with Crippen LogP contribution in [0, 0.1) is 0 Å². The second-order valence-electron chi connectivity index (χ2n) is 8.23. The first-order valence-corrected chi connectivity index (χ1v) is 12.2. The highest BCUT2D eigenvalue weighted by Gasteiger charge is 2.67. The topological polar surface area (TPSA) is 91.8 Å². The molecule has 1 aliphatic heterocycles. The number of anilines is 2. The van der Waals surface area contributed by atoms with E-state index < -0.39 is 21.2 Å². The Morgan fingerprint density at radius 3 is 2.44 bits per heavy atom. The number of amides is 1. The molecule has 1 heterocycles. The zero-order valence-electron chi connectivity index (χ0n) is 16.9. The third-order valence-corrected chi connectivity index (χ3v) is 7.61. The molecule has 1 fully saturated rings. The third kappa shape index (κ3) is 3.04. The van der Waals surface area contributed by atoms with Crippen LogP contribution in [0.25, 0.3) is 0 Å². The van der Waals surface area contributed by atoms with Gasteiger partial charge in [-0.2, -0.15) is 0 Å². The summed E-state index contributed by atoms with van der Waals surface area (Å²) in [7, 11) is -3.69. The van der Waals surface area contributed by atoms with E-state index in [4.69, 9.17) is 11.6 Å². The van der Waals surface area contributed by atoms with Crippen LogP contribution in [-0.4, -0.2) is 31.7 Å². The fourth-order valence-electron chi connectivity index (χ4n) is 4.67. The summed E-state index contributed by atoms with van der Waals surface area (Å²) in [5.41, 5.74) is 1.74. The number of carboxylic acids is 1. The van der Waals surface area contributed by atoms with E-state index in [2.05, 4.69) is 0 Å². The molecule has 2 atom stereocenters. The summed E-state index contributed by atoms with van der Waals surface area (Å²) in [6, 6.07) is 18.6. The summed E-state index contributed by atoms with van der Waals surface area (Å²) < 4.78 is 24.4. The number of carboxylic acid groups (broad SMARTS) is 1. The van der Waals surface area contributed by atoms with Crippen molar-refractivity contribution < 1.29 is 23.1 Å². The lowest BCUT2D eigenvalue weighted by Crippen LogP contribution is -2.29. The summed E-state index contributed by atoms with van der Waals surface area (Å²) in [5.74, 6) is -1.51. The second kappa shape index (κ2) is 6.92. The van der Waals surface area contributed by atoms with Crippen molar-refractivity contribution in [3.05, 3.63) is 88.4 Å². The standard InChI is InChI=1S/C24H18ClNO5S/c1-32(30,31)18-11-15(22(27)28)10-17(12-18)26-21-5-3-2-4-19(21)24(23(26)29)13-20(24)14-6-8-16(25)9-7-14/h2-12,20H,13H2,1H3,(H,27,28)/t20-,24+/m0/s1. The molecule has 1 amide bonds. The predicted octanol–water partition coefficient (Wildman–Crippen LogP) is 4.55. The van der Waals surface area contributed by atoms with Gasteiger partial charge in [0.2, 0.25) is 5.91 Å². The zero-order valence-corrected chi connectivity index (χ0v) is 18.5. The van der Waals surface area contributed by atoms with Crippen LogP contribution in [0.5, 0.6) is 0 Å². The molecule has 1 aliphatic carbocycles. The minimum absolute atomic E-state index is 0.0459. The van der Waals surface area contributed by atoms with Gasteiger partial charge in [-0.25, -0.2) is 13.2 Å². The van der Waals surface area contributed by atoms with Crippen molar-refractivity contribution in [3.8, 4) is 0 Å². The van der Waals surface area contributed by atoms with Gasteiger partial charge in [-0.05, 0) is 53.9 Å². The minimum atomic E-state index is -3.69. The third-order valence-electron chi connectivity index (χ3n) is 6.27. The van der Waals surface area contributed by atoms with Crippen molar-refractivity contribution in [3.63, 3.8) is 0 Å². The average molecular weight is 468 g/mol. The van der Waals surface area contributed by atoms with Crippen LogP contribution in [-0.2, 0) is 20.0 Å². The molecule has 0 radical (unpaired) electrons. The molecule has 8 heteroatoms. The van der Waals surface area contributed by atoms with Gasteiger partial charge < -0.3 is 5.11 Å². The highest BCUT2D eigenvalue weighted by atomic mass is 35.5. The predicted molar refractivity (Wildman–Crippen MR) is 121 cm³/mol. The number of benzene rings is 3. The zero-order chi connectivity index (χ0) is 22.8. The minimum Gasteiger partial charge on any atom is -0.478 e. The Bertz CT molecular complexity index is 1400. The van der Waals surface area contributed by atoms with Gasteiger partial charge in [0.1, 0.15) is 0 Å². The fraction of sp³-hybridized carbons (Fsp3) is 0.167. The first kappa shape index (κ1) is 20.7. The molecule has 0 unspecified atom stereocenters. The molecule has 3 aromatic rings. The van der Waals surface area contributed by atoms with Crippen molar-refractivity contribution in [1.82, 2.24) is 0 Å². The number of para-hydroxylation sites is 1. The second-order valence-corrected chi connectivity index (χ2v) is 10.7. The van der Waals surface area contributed by atoms with E-state index in [0.717, 1.165) is 23.4 Å². The smallest absolute Gasteiger partial charge is 0.335 e. The number of halogens is 1. The van der Waals surface area contributed by atoms with Gasteiger partial charge in [0.15, 0.2) is 9.84 Å². The van der Waals surface area contributed by atoms with Gasteiger partial charge in [-0.1, -0.05) is 41.9 Å². The van der Waals surface area contributed by atoms with Gasteiger partial charge in [-0.15, -0.1) is 0 Å². The lowest BCUT2D eigenvalue weighted by molar-refractivity contribution is -0.119. The molecular weight excluding hydrogens is 450 g/mol. The normalized spacial score (nSPS) is 21.6. The average Bonchev–Trinajstić information content (AvgIpc) is 3.45. The van der Waals surface area contributed by atoms with Gasteiger partial charge in [0.05, 0.1) is 27.2 Å². The van der Waals surface area contributed by atoms with E-state index in [-0.39, 0.29) is 28.0 Å². The molecule has 6 nitrogen and oxygen atoms in total. The van der Waals surface area contributed by atoms with Crippen LogP contribution in [0.1, 0.15) is 33.8 Å². The Labute approximate surface area is 190 Å². The van der Waals surface area contributed by atoms with Gasteiger partial charge in [0.25, 0.3) is 0 Å². The van der Waals surface area contributed by atoms with Crippen LogP contribution < -0.4 is 4.90 Å². The molecule has 1 saturated carbocycles. The maximum Gasteiger partial charge on any atom is 0.335 e. The highest BCUT2D eigenvalue weighted by molar-refractivity contribution is 7.90. The molecule has 2 aliphatic rings. The molecule has 1 spiro atoms. The van der Waals surface area contributed by atoms with E-state index in [1.807, 2.05) is 24.3 Å². The quantitative estimate of drug-likeness (QED) is 0.608. The van der Waals surface area contributed by atoms with Crippen LogP contribution in [0.15, 0.2) is 71.6 Å². The van der Waals surface area contributed by atoms with Crippen LogP contribution in [0.4, 0.5) is 11.4 Å². The maximum absolute atomic E-state index is 13.8. The van der Waals surface area contributed by atoms with Crippen molar-refractivity contribution in [2.75, 3.05) is 11.2 Å². The number of carbonyl (C=O) groups is 2. The molecule has 5 rings (SSSR count). The number of rotatable bonds is 4. The van der Waals surface area contributed by atoms with E-state index in [1.54, 1.807) is 24.3 Å². The molecule has 3 aromatic carbocycles. The molecule has 162 valence electrons. The number of hydrogen-bond donors (Lipinski definition) is 1. The number of nitrogens with zero attached hydrogens (tertiary/aromatic N) is 1. The Hall–Kier alpha value is -3.16. The van der Waals surface area contributed by atoms with Crippen LogP contribution in [0.3, 0.4) is 0 Å². The van der Waals surface area contributed by atoms with E-state index in [9.17, 15) is 23.1 Å². The first-order valence-electron chi connectivity index (χ1n) is 9.91. The number of fused-ring (bicyclic) bond motifs is 2. The largest absolute Gasteiger partial charge is 0.478 e. The Morgan fingerprint density at radius 2 is 1.78 bits per heavy atom. The molecule has 0 bridgehead atoms. The van der Waals surface area contributed by atoms with Crippen molar-refractivity contribution in [2.45, 2.75) is 22.6 Å². The lowest BCUT2D eigenvalue weighted by Gasteiger charge is -2.20. The number of sulfone groups is 1. The van der Waals surface area contributed by atoms with E-state index >= 15 is 0 Å². The van der Waals surface area contributed by atoms with Crippen molar-refractivity contribution >= 4 is 44.7 Å². The Morgan fingerprint density at radius 1 is 1.09 bits per heavy atom. The van der Waals surface area contributed by atoms with E-state index in [0.29, 0.717) is 17.1 Å². The summed E-state index contributed by atoms with van der Waals surface area (Å²) in [4.78, 5) is 26.8. The van der Waals surface area contributed by atoms with Crippen molar-refractivity contribution in [2.24, 2.45) is 0 Å². The molecule has 0 saturated heterocycles. The molecular formula is C24H18ClNO5S. The first-order chi connectivity index (χ1) is 15.1. The van der Waals surface area contributed by atoms with Gasteiger partial charge in [0, 0.05) is 17.2 Å². The van der Waals surface area contributed by atoms with E-state index in [1.165, 1.54) is 17.0 Å². The summed E-state index contributed by atoms with van der Waals surface area (Å²) >= 11 is 6.02. The summed E-state index contributed by atoms with van der Waals surface area (Å²) in [5, 5.41) is 10.1. The van der Waals surface area contributed by atoms with Gasteiger partial charge >= 0.3 is 5.97 Å². The molecule has 32 heavy (non-hydrogen) atoms. The van der Waals surface area contributed by atoms with Crippen molar-refractivity contribution in [1.29, 1.82) is 0 Å². The Balaban J connectivity index is 1.66. The Kier molecular flexibility index (Phi) is 4.48. The fourth-order valence-corrected chi connectivity index (χ4v) is 5.47. The lowest BCUT2D eigenvalue weighted by atomic mass is 9.92. The number of carbonyl (C=O) groups excluding carboxylic acids is 1. The van der Waals surface area contributed by atoms with Crippen LogP contribution >= 0.6 is 11.6 Å². The molecule has 1 N–H and O–H groups in total. The number of hydrogen-bond acceptors (Lipinski definition) is 4. The summed E-state index contributed by atoms with van der Waals surface area (Å²) in [6.45, 7) is 0. The van der Waals surface area contributed by atoms with Crippen LogP contribution in [0.2, 0.25) is 5.02 Å².